The third kappa shape index (κ3) is 2.84. The minimum absolute atomic E-state index is 0.0401. The standard InChI is InChI=1S/C14H21N5O2/c1-10-15-16-12-5-6-13(17-19(10)12)18-7-11(8-20-4)21-14(2,3)9-18/h5-6,11H,7-9H2,1-4H3. The lowest BCUT2D eigenvalue weighted by Crippen LogP contribution is -2.54. The number of nitrogens with zero attached hydrogens (tertiary/aromatic N) is 5. The number of ether oxygens (including phenoxy) is 2. The molecule has 7 heteroatoms. The van der Waals surface area contributed by atoms with Crippen molar-refractivity contribution in [1.29, 1.82) is 0 Å². The zero-order valence-corrected chi connectivity index (χ0v) is 12.9. The molecule has 7 nitrogen and oxygen atoms in total. The molecular formula is C14H21N5O2. The third-order valence-corrected chi connectivity index (χ3v) is 3.56. The average Bonchev–Trinajstić information content (AvgIpc) is 2.79. The van der Waals surface area contributed by atoms with Crippen molar-refractivity contribution >= 4 is 11.5 Å². The van der Waals surface area contributed by atoms with Gasteiger partial charge in [-0.25, -0.2) is 0 Å². The molecule has 114 valence electrons. The first-order valence-electron chi connectivity index (χ1n) is 7.09. The predicted octanol–water partition coefficient (Wildman–Crippen LogP) is 1.06. The van der Waals surface area contributed by atoms with E-state index in [2.05, 4.69) is 34.0 Å². The number of methoxy groups -OCH3 is 1. The smallest absolute Gasteiger partial charge is 0.178 e. The van der Waals surface area contributed by atoms with Gasteiger partial charge in [0.15, 0.2) is 11.5 Å². The summed E-state index contributed by atoms with van der Waals surface area (Å²) in [7, 11) is 1.69. The van der Waals surface area contributed by atoms with Gasteiger partial charge in [-0.3, -0.25) is 0 Å². The predicted molar refractivity (Wildman–Crippen MR) is 78.6 cm³/mol. The van der Waals surface area contributed by atoms with Crippen molar-refractivity contribution in [3.63, 3.8) is 0 Å². The van der Waals surface area contributed by atoms with E-state index >= 15 is 0 Å². The molecule has 0 aliphatic carbocycles. The van der Waals surface area contributed by atoms with Crippen LogP contribution in [-0.4, -0.2) is 58.3 Å². The Bertz CT molecular complexity index is 639. The number of anilines is 1. The number of aryl methyl sites for hydroxylation is 1. The lowest BCUT2D eigenvalue weighted by atomic mass is 10.1. The summed E-state index contributed by atoms with van der Waals surface area (Å²) < 4.78 is 13.0. The second-order valence-corrected chi connectivity index (χ2v) is 6.04. The van der Waals surface area contributed by atoms with Crippen LogP contribution >= 0.6 is 0 Å². The maximum absolute atomic E-state index is 6.04. The Balaban J connectivity index is 1.90. The first-order chi connectivity index (χ1) is 9.98. The molecule has 0 amide bonds. The lowest BCUT2D eigenvalue weighted by Gasteiger charge is -2.43. The van der Waals surface area contributed by atoms with E-state index < -0.39 is 0 Å². The van der Waals surface area contributed by atoms with Crippen molar-refractivity contribution in [2.75, 3.05) is 31.7 Å². The SMILES string of the molecule is COCC1CN(c2ccc3nnc(C)n3n2)CC(C)(C)O1. The number of hydrogen-bond acceptors (Lipinski definition) is 6. The molecule has 0 saturated carbocycles. The second-order valence-electron chi connectivity index (χ2n) is 6.04. The monoisotopic (exact) mass is 291 g/mol. The van der Waals surface area contributed by atoms with E-state index in [0.717, 1.165) is 30.4 Å². The molecule has 2 aromatic heterocycles. The summed E-state index contributed by atoms with van der Waals surface area (Å²) in [5.74, 6) is 1.69. The summed E-state index contributed by atoms with van der Waals surface area (Å²) in [5, 5.41) is 12.7. The van der Waals surface area contributed by atoms with Crippen LogP contribution in [-0.2, 0) is 9.47 Å². The van der Waals surface area contributed by atoms with E-state index in [0.29, 0.717) is 6.61 Å². The van der Waals surface area contributed by atoms with Crippen LogP contribution < -0.4 is 4.90 Å². The van der Waals surface area contributed by atoms with Crippen LogP contribution in [0.15, 0.2) is 12.1 Å². The van der Waals surface area contributed by atoms with Crippen LogP contribution in [0.3, 0.4) is 0 Å². The van der Waals surface area contributed by atoms with E-state index in [1.807, 2.05) is 19.1 Å². The van der Waals surface area contributed by atoms with Crippen LogP contribution in [0.5, 0.6) is 0 Å². The van der Waals surface area contributed by atoms with Gasteiger partial charge in [0.25, 0.3) is 0 Å². The Morgan fingerprint density at radius 1 is 1.38 bits per heavy atom. The minimum Gasteiger partial charge on any atom is -0.382 e. The summed E-state index contributed by atoms with van der Waals surface area (Å²) in [5.41, 5.74) is 0.526. The van der Waals surface area contributed by atoms with Crippen molar-refractivity contribution in [3.8, 4) is 0 Å². The van der Waals surface area contributed by atoms with Gasteiger partial charge in [0.2, 0.25) is 0 Å². The Kier molecular flexibility index (Phi) is 3.54. The Morgan fingerprint density at radius 2 is 2.19 bits per heavy atom. The summed E-state index contributed by atoms with van der Waals surface area (Å²) in [6.45, 7) is 8.19. The maximum atomic E-state index is 6.04. The average molecular weight is 291 g/mol. The number of rotatable bonds is 3. The quantitative estimate of drug-likeness (QED) is 0.842. The van der Waals surface area contributed by atoms with Gasteiger partial charge in [-0.1, -0.05) is 0 Å². The third-order valence-electron chi connectivity index (χ3n) is 3.56. The number of fused-ring (bicyclic) bond motifs is 1. The lowest BCUT2D eigenvalue weighted by molar-refractivity contribution is -0.106. The summed E-state index contributed by atoms with van der Waals surface area (Å²) in [6.07, 6.45) is 0.0401. The number of hydrogen-bond donors (Lipinski definition) is 0. The topological polar surface area (TPSA) is 64.8 Å². The molecule has 2 aromatic rings. The molecule has 0 radical (unpaired) electrons. The highest BCUT2D eigenvalue weighted by Gasteiger charge is 2.34. The molecule has 1 aliphatic heterocycles. The molecular weight excluding hydrogens is 270 g/mol. The van der Waals surface area contributed by atoms with Crippen LogP contribution in [0.2, 0.25) is 0 Å². The Hall–Kier alpha value is -1.73. The largest absolute Gasteiger partial charge is 0.382 e. The van der Waals surface area contributed by atoms with Gasteiger partial charge in [-0.05, 0) is 32.9 Å². The highest BCUT2D eigenvalue weighted by Crippen LogP contribution is 2.25. The number of morpholine rings is 1. The summed E-state index contributed by atoms with van der Waals surface area (Å²) in [4.78, 5) is 2.23. The van der Waals surface area contributed by atoms with Crippen LogP contribution in [0.4, 0.5) is 5.82 Å². The fourth-order valence-corrected chi connectivity index (χ4v) is 2.80. The van der Waals surface area contributed by atoms with Gasteiger partial charge >= 0.3 is 0 Å². The zero-order valence-electron chi connectivity index (χ0n) is 12.9. The van der Waals surface area contributed by atoms with Gasteiger partial charge in [-0.2, -0.15) is 4.52 Å². The van der Waals surface area contributed by atoms with Gasteiger partial charge in [-0.15, -0.1) is 15.3 Å². The van der Waals surface area contributed by atoms with Crippen molar-refractivity contribution < 1.29 is 9.47 Å². The Labute approximate surface area is 123 Å². The molecule has 0 spiro atoms. The van der Waals surface area contributed by atoms with E-state index in [4.69, 9.17) is 9.47 Å². The summed E-state index contributed by atoms with van der Waals surface area (Å²) in [6, 6.07) is 3.92. The van der Waals surface area contributed by atoms with E-state index in [9.17, 15) is 0 Å². The first-order valence-corrected chi connectivity index (χ1v) is 7.09. The highest BCUT2D eigenvalue weighted by molar-refractivity contribution is 5.46. The fraction of sp³-hybridized carbons (Fsp3) is 0.643. The van der Waals surface area contributed by atoms with E-state index in [1.54, 1.807) is 11.6 Å². The Morgan fingerprint density at radius 3 is 2.95 bits per heavy atom. The molecule has 0 N–H and O–H groups in total. The zero-order chi connectivity index (χ0) is 15.0. The second kappa shape index (κ2) is 5.23. The molecule has 3 rings (SSSR count). The van der Waals surface area contributed by atoms with Crippen LogP contribution in [0.25, 0.3) is 5.65 Å². The van der Waals surface area contributed by atoms with E-state index in [1.165, 1.54) is 0 Å². The van der Waals surface area contributed by atoms with E-state index in [-0.39, 0.29) is 11.7 Å². The molecule has 3 heterocycles. The molecule has 1 atom stereocenters. The van der Waals surface area contributed by atoms with Crippen molar-refractivity contribution in [1.82, 2.24) is 19.8 Å². The van der Waals surface area contributed by atoms with Crippen molar-refractivity contribution in [3.05, 3.63) is 18.0 Å². The maximum Gasteiger partial charge on any atom is 0.178 e. The molecule has 0 bridgehead atoms. The summed E-state index contributed by atoms with van der Waals surface area (Å²) >= 11 is 0. The molecule has 21 heavy (non-hydrogen) atoms. The molecule has 1 saturated heterocycles. The van der Waals surface area contributed by atoms with Gasteiger partial charge in [0.05, 0.1) is 18.3 Å². The first kappa shape index (κ1) is 14.2. The molecule has 0 aromatic carbocycles. The van der Waals surface area contributed by atoms with Crippen LogP contribution in [0, 0.1) is 6.92 Å². The molecule has 1 fully saturated rings. The highest BCUT2D eigenvalue weighted by atomic mass is 16.5. The minimum atomic E-state index is -0.236. The molecule has 1 aliphatic rings. The normalized spacial score (nSPS) is 21.9. The van der Waals surface area contributed by atoms with Crippen LogP contribution in [0.1, 0.15) is 19.7 Å². The number of aromatic nitrogens is 4. The molecule has 1 unspecified atom stereocenters. The van der Waals surface area contributed by atoms with Crippen molar-refractivity contribution in [2.45, 2.75) is 32.5 Å². The van der Waals surface area contributed by atoms with Gasteiger partial charge < -0.3 is 14.4 Å². The van der Waals surface area contributed by atoms with Crippen molar-refractivity contribution in [2.24, 2.45) is 0 Å². The fourth-order valence-electron chi connectivity index (χ4n) is 2.80. The van der Waals surface area contributed by atoms with Gasteiger partial charge in [0, 0.05) is 20.2 Å². The van der Waals surface area contributed by atoms with Gasteiger partial charge in [0.1, 0.15) is 5.82 Å².